The summed E-state index contributed by atoms with van der Waals surface area (Å²) in [5.74, 6) is -0.963. The zero-order chi connectivity index (χ0) is 12.1. The van der Waals surface area contributed by atoms with Crippen LogP contribution in [0.4, 0.5) is 0 Å². The number of aromatic nitrogens is 2. The number of aromatic carboxylic acids is 1. The van der Waals surface area contributed by atoms with E-state index in [2.05, 4.69) is 10.4 Å². The number of rotatable bonds is 5. The van der Waals surface area contributed by atoms with Crippen molar-refractivity contribution in [3.05, 3.63) is 18.0 Å². The standard InChI is InChI=1S/C10H15N3O3/c1-7(2)5-11-9(14)6-13-8(10(15)16)3-4-12-13/h3-4,7H,5-6H2,1-2H3,(H,11,14)(H,15,16). The molecular formula is C10H15N3O3. The van der Waals surface area contributed by atoms with Gasteiger partial charge in [-0.3, -0.25) is 4.79 Å². The number of carbonyl (C=O) groups is 2. The molecule has 0 aliphatic rings. The van der Waals surface area contributed by atoms with E-state index in [1.54, 1.807) is 0 Å². The molecule has 1 aromatic heterocycles. The second kappa shape index (κ2) is 5.29. The first kappa shape index (κ1) is 12.2. The Bertz CT molecular complexity index is 384. The predicted molar refractivity (Wildman–Crippen MR) is 57.0 cm³/mol. The summed E-state index contributed by atoms with van der Waals surface area (Å²) in [7, 11) is 0. The van der Waals surface area contributed by atoms with Gasteiger partial charge >= 0.3 is 5.97 Å². The number of nitrogens with one attached hydrogen (secondary N) is 1. The van der Waals surface area contributed by atoms with E-state index in [1.807, 2.05) is 13.8 Å². The van der Waals surface area contributed by atoms with Gasteiger partial charge in [-0.1, -0.05) is 13.8 Å². The minimum absolute atomic E-state index is 0.0136. The molecule has 0 bridgehead atoms. The summed E-state index contributed by atoms with van der Waals surface area (Å²) in [6.45, 7) is 4.47. The molecule has 0 aromatic carbocycles. The van der Waals surface area contributed by atoms with E-state index in [-0.39, 0.29) is 18.1 Å². The van der Waals surface area contributed by atoms with Gasteiger partial charge in [0.05, 0.1) is 0 Å². The first-order valence-electron chi connectivity index (χ1n) is 5.02. The lowest BCUT2D eigenvalue weighted by molar-refractivity contribution is -0.122. The van der Waals surface area contributed by atoms with Crippen molar-refractivity contribution >= 4 is 11.9 Å². The number of nitrogens with zero attached hydrogens (tertiary/aromatic N) is 2. The highest BCUT2D eigenvalue weighted by molar-refractivity contribution is 5.86. The lowest BCUT2D eigenvalue weighted by Crippen LogP contribution is -2.31. The van der Waals surface area contributed by atoms with Gasteiger partial charge in [-0.15, -0.1) is 0 Å². The van der Waals surface area contributed by atoms with Crippen LogP contribution in [0, 0.1) is 5.92 Å². The Hall–Kier alpha value is -1.85. The topological polar surface area (TPSA) is 84.2 Å². The quantitative estimate of drug-likeness (QED) is 0.757. The van der Waals surface area contributed by atoms with Crippen molar-refractivity contribution in [2.45, 2.75) is 20.4 Å². The molecule has 16 heavy (non-hydrogen) atoms. The molecule has 88 valence electrons. The number of amides is 1. The summed E-state index contributed by atoms with van der Waals surface area (Å²) in [4.78, 5) is 22.2. The fourth-order valence-electron chi connectivity index (χ4n) is 1.15. The Kier molecular flexibility index (Phi) is 4.04. The van der Waals surface area contributed by atoms with Crippen LogP contribution in [-0.2, 0) is 11.3 Å². The van der Waals surface area contributed by atoms with Gasteiger partial charge in [-0.25, -0.2) is 9.48 Å². The largest absolute Gasteiger partial charge is 0.477 e. The van der Waals surface area contributed by atoms with Crippen LogP contribution >= 0.6 is 0 Å². The Morgan fingerprint density at radius 1 is 1.56 bits per heavy atom. The first-order chi connectivity index (χ1) is 7.50. The monoisotopic (exact) mass is 225 g/mol. The molecular weight excluding hydrogens is 210 g/mol. The smallest absolute Gasteiger partial charge is 0.354 e. The minimum atomic E-state index is -1.09. The molecule has 2 N–H and O–H groups in total. The Morgan fingerprint density at radius 3 is 2.81 bits per heavy atom. The summed E-state index contributed by atoms with van der Waals surface area (Å²) >= 11 is 0. The SMILES string of the molecule is CC(C)CNC(=O)Cn1nccc1C(=O)O. The molecule has 0 radical (unpaired) electrons. The summed E-state index contributed by atoms with van der Waals surface area (Å²) in [5, 5.41) is 15.3. The highest BCUT2D eigenvalue weighted by atomic mass is 16.4. The Labute approximate surface area is 93.3 Å². The number of carboxylic acids is 1. The highest BCUT2D eigenvalue weighted by Crippen LogP contribution is 1.98. The number of hydrogen-bond donors (Lipinski definition) is 2. The summed E-state index contributed by atoms with van der Waals surface area (Å²) in [5.41, 5.74) is 0.0136. The number of carboxylic acid groups (broad SMARTS) is 1. The third kappa shape index (κ3) is 3.38. The van der Waals surface area contributed by atoms with Crippen molar-refractivity contribution < 1.29 is 14.7 Å². The van der Waals surface area contributed by atoms with Gasteiger partial charge in [0.25, 0.3) is 0 Å². The Balaban J connectivity index is 2.56. The van der Waals surface area contributed by atoms with E-state index in [1.165, 1.54) is 12.3 Å². The molecule has 1 heterocycles. The van der Waals surface area contributed by atoms with Crippen LogP contribution in [0.15, 0.2) is 12.3 Å². The fourth-order valence-corrected chi connectivity index (χ4v) is 1.15. The van der Waals surface area contributed by atoms with Crippen LogP contribution in [0.1, 0.15) is 24.3 Å². The maximum Gasteiger partial charge on any atom is 0.354 e. The predicted octanol–water partition coefficient (Wildman–Crippen LogP) is 0.353. The molecule has 6 heteroatoms. The van der Waals surface area contributed by atoms with Gasteiger partial charge in [-0.05, 0) is 12.0 Å². The lowest BCUT2D eigenvalue weighted by Gasteiger charge is -2.08. The molecule has 1 rings (SSSR count). The molecule has 0 aliphatic carbocycles. The van der Waals surface area contributed by atoms with E-state index in [0.29, 0.717) is 12.5 Å². The van der Waals surface area contributed by atoms with Gasteiger partial charge in [0.1, 0.15) is 12.2 Å². The van der Waals surface area contributed by atoms with Crippen LogP contribution in [0.5, 0.6) is 0 Å². The fraction of sp³-hybridized carbons (Fsp3) is 0.500. The van der Waals surface area contributed by atoms with E-state index >= 15 is 0 Å². The van der Waals surface area contributed by atoms with Crippen LogP contribution in [0.3, 0.4) is 0 Å². The molecule has 1 aromatic rings. The maximum atomic E-state index is 11.4. The summed E-state index contributed by atoms with van der Waals surface area (Å²) in [6, 6.07) is 1.36. The van der Waals surface area contributed by atoms with Crippen LogP contribution < -0.4 is 5.32 Å². The van der Waals surface area contributed by atoms with Crippen molar-refractivity contribution in [3.63, 3.8) is 0 Å². The van der Waals surface area contributed by atoms with Gasteiger partial charge in [0.2, 0.25) is 5.91 Å². The van der Waals surface area contributed by atoms with E-state index in [4.69, 9.17) is 5.11 Å². The summed E-state index contributed by atoms with van der Waals surface area (Å²) in [6.07, 6.45) is 1.36. The zero-order valence-corrected chi connectivity index (χ0v) is 9.30. The second-order valence-corrected chi connectivity index (χ2v) is 3.88. The average molecular weight is 225 g/mol. The Morgan fingerprint density at radius 2 is 2.25 bits per heavy atom. The van der Waals surface area contributed by atoms with Gasteiger partial charge in [-0.2, -0.15) is 5.10 Å². The van der Waals surface area contributed by atoms with E-state index in [9.17, 15) is 9.59 Å². The molecule has 1 amide bonds. The maximum absolute atomic E-state index is 11.4. The number of hydrogen-bond acceptors (Lipinski definition) is 3. The first-order valence-corrected chi connectivity index (χ1v) is 5.02. The van der Waals surface area contributed by atoms with Crippen molar-refractivity contribution in [2.75, 3.05) is 6.54 Å². The molecule has 0 unspecified atom stereocenters. The second-order valence-electron chi connectivity index (χ2n) is 3.88. The molecule has 0 atom stereocenters. The molecule has 0 spiro atoms. The van der Waals surface area contributed by atoms with Gasteiger partial charge < -0.3 is 10.4 Å². The summed E-state index contributed by atoms with van der Waals surface area (Å²) < 4.78 is 1.16. The minimum Gasteiger partial charge on any atom is -0.477 e. The lowest BCUT2D eigenvalue weighted by atomic mass is 10.2. The third-order valence-corrected chi connectivity index (χ3v) is 1.94. The molecule has 0 saturated carbocycles. The molecule has 0 aliphatic heterocycles. The normalized spacial score (nSPS) is 10.4. The van der Waals surface area contributed by atoms with Crippen molar-refractivity contribution in [1.82, 2.24) is 15.1 Å². The molecule has 6 nitrogen and oxygen atoms in total. The molecule has 0 saturated heterocycles. The number of carbonyl (C=O) groups excluding carboxylic acids is 1. The molecule has 0 fully saturated rings. The third-order valence-electron chi connectivity index (χ3n) is 1.94. The highest BCUT2D eigenvalue weighted by Gasteiger charge is 2.12. The van der Waals surface area contributed by atoms with Crippen molar-refractivity contribution in [2.24, 2.45) is 5.92 Å². The van der Waals surface area contributed by atoms with Crippen molar-refractivity contribution in [1.29, 1.82) is 0 Å². The average Bonchev–Trinajstić information content (AvgIpc) is 2.62. The van der Waals surface area contributed by atoms with Crippen LogP contribution in [-0.4, -0.2) is 33.3 Å². The van der Waals surface area contributed by atoms with Gasteiger partial charge in [0.15, 0.2) is 0 Å². The van der Waals surface area contributed by atoms with E-state index < -0.39 is 5.97 Å². The zero-order valence-electron chi connectivity index (χ0n) is 9.30. The van der Waals surface area contributed by atoms with Gasteiger partial charge in [0, 0.05) is 12.7 Å². The van der Waals surface area contributed by atoms with E-state index in [0.717, 1.165) is 4.68 Å². The van der Waals surface area contributed by atoms with Crippen molar-refractivity contribution in [3.8, 4) is 0 Å². The van der Waals surface area contributed by atoms with Crippen LogP contribution in [0.25, 0.3) is 0 Å². The van der Waals surface area contributed by atoms with Crippen LogP contribution in [0.2, 0.25) is 0 Å².